The molecule has 1 saturated heterocycles. The van der Waals surface area contributed by atoms with Crippen LogP contribution in [0, 0.1) is 0 Å². The number of hydrogen-bond acceptors (Lipinski definition) is 6. The second-order valence-electron chi connectivity index (χ2n) is 4.45. The van der Waals surface area contributed by atoms with Crippen molar-refractivity contribution >= 4 is 27.7 Å². The van der Waals surface area contributed by atoms with E-state index in [2.05, 4.69) is 41.0 Å². The van der Waals surface area contributed by atoms with Gasteiger partial charge in [0, 0.05) is 45.5 Å². The van der Waals surface area contributed by atoms with E-state index in [1.807, 2.05) is 6.92 Å². The van der Waals surface area contributed by atoms with Gasteiger partial charge < -0.3 is 15.3 Å². The molecule has 2 N–H and O–H groups in total. The number of nitrogens with zero attached hydrogens (tertiary/aromatic N) is 4. The SMILES string of the molecule is CCNc1ncc(Br)c(N2CCN(CCO)CC2)n1. The summed E-state index contributed by atoms with van der Waals surface area (Å²) < 4.78 is 0.921. The molecule has 7 heteroatoms. The second-order valence-corrected chi connectivity index (χ2v) is 5.30. The van der Waals surface area contributed by atoms with E-state index in [0.717, 1.165) is 49.6 Å². The van der Waals surface area contributed by atoms with E-state index < -0.39 is 0 Å². The van der Waals surface area contributed by atoms with E-state index in [4.69, 9.17) is 5.11 Å². The molecule has 106 valence electrons. The van der Waals surface area contributed by atoms with Gasteiger partial charge in [0.1, 0.15) is 5.82 Å². The van der Waals surface area contributed by atoms with Crippen LogP contribution in [0.2, 0.25) is 0 Å². The lowest BCUT2D eigenvalue weighted by Gasteiger charge is -2.35. The first-order valence-electron chi connectivity index (χ1n) is 6.59. The molecule has 1 aliphatic heterocycles. The van der Waals surface area contributed by atoms with E-state index in [9.17, 15) is 0 Å². The Kier molecular flexibility index (Phi) is 5.35. The van der Waals surface area contributed by atoms with Gasteiger partial charge in [0.05, 0.1) is 11.1 Å². The average Bonchev–Trinajstić information content (AvgIpc) is 2.43. The minimum Gasteiger partial charge on any atom is -0.395 e. The monoisotopic (exact) mass is 329 g/mol. The maximum absolute atomic E-state index is 8.95. The highest BCUT2D eigenvalue weighted by Gasteiger charge is 2.20. The molecule has 0 spiro atoms. The van der Waals surface area contributed by atoms with Crippen molar-refractivity contribution in [3.8, 4) is 0 Å². The largest absolute Gasteiger partial charge is 0.395 e. The molecule has 0 aromatic carbocycles. The summed E-state index contributed by atoms with van der Waals surface area (Å²) in [6, 6.07) is 0. The van der Waals surface area contributed by atoms with Gasteiger partial charge in [-0.25, -0.2) is 4.98 Å². The highest BCUT2D eigenvalue weighted by molar-refractivity contribution is 9.10. The maximum Gasteiger partial charge on any atom is 0.224 e. The Morgan fingerprint density at radius 1 is 1.37 bits per heavy atom. The van der Waals surface area contributed by atoms with Gasteiger partial charge in [-0.2, -0.15) is 4.98 Å². The lowest BCUT2D eigenvalue weighted by molar-refractivity contribution is 0.188. The molecule has 0 saturated carbocycles. The number of hydrogen-bond donors (Lipinski definition) is 2. The van der Waals surface area contributed by atoms with Crippen LogP contribution in [-0.2, 0) is 0 Å². The van der Waals surface area contributed by atoms with E-state index in [1.54, 1.807) is 6.20 Å². The molecule has 6 nitrogen and oxygen atoms in total. The molecule has 0 bridgehead atoms. The van der Waals surface area contributed by atoms with Crippen molar-refractivity contribution in [2.24, 2.45) is 0 Å². The fourth-order valence-electron chi connectivity index (χ4n) is 2.15. The maximum atomic E-state index is 8.95. The zero-order chi connectivity index (χ0) is 13.7. The number of β-amino-alcohol motifs (C(OH)–C–C–N with tert-alkyl or cyclic N) is 1. The number of anilines is 2. The molecule has 1 fully saturated rings. The summed E-state index contributed by atoms with van der Waals surface area (Å²) in [7, 11) is 0. The first kappa shape index (κ1) is 14.5. The van der Waals surface area contributed by atoms with E-state index in [1.165, 1.54) is 0 Å². The zero-order valence-electron chi connectivity index (χ0n) is 11.1. The number of aliphatic hydroxyl groups excluding tert-OH is 1. The minimum absolute atomic E-state index is 0.224. The predicted molar refractivity (Wildman–Crippen MR) is 79.6 cm³/mol. The van der Waals surface area contributed by atoms with Crippen molar-refractivity contribution in [1.82, 2.24) is 14.9 Å². The van der Waals surface area contributed by atoms with Crippen LogP contribution in [-0.4, -0.2) is 65.8 Å². The van der Waals surface area contributed by atoms with Gasteiger partial charge in [-0.05, 0) is 22.9 Å². The van der Waals surface area contributed by atoms with E-state index >= 15 is 0 Å². The summed E-state index contributed by atoms with van der Waals surface area (Å²) in [6.07, 6.45) is 1.79. The van der Waals surface area contributed by atoms with Crippen molar-refractivity contribution in [2.75, 3.05) is 56.1 Å². The Morgan fingerprint density at radius 3 is 2.74 bits per heavy atom. The van der Waals surface area contributed by atoms with Crippen molar-refractivity contribution < 1.29 is 5.11 Å². The highest BCUT2D eigenvalue weighted by atomic mass is 79.9. The Balaban J connectivity index is 2.03. The van der Waals surface area contributed by atoms with Crippen LogP contribution in [0.5, 0.6) is 0 Å². The molecule has 0 atom stereocenters. The quantitative estimate of drug-likeness (QED) is 0.832. The van der Waals surface area contributed by atoms with E-state index in [-0.39, 0.29) is 6.61 Å². The smallest absolute Gasteiger partial charge is 0.224 e. The molecule has 0 radical (unpaired) electrons. The van der Waals surface area contributed by atoms with Crippen LogP contribution in [0.25, 0.3) is 0 Å². The standard InChI is InChI=1S/C12H20BrN5O/c1-2-14-12-15-9-10(13)11(16-12)18-5-3-17(4-6-18)7-8-19/h9,19H,2-8H2,1H3,(H,14,15,16). The second kappa shape index (κ2) is 7.02. The summed E-state index contributed by atoms with van der Waals surface area (Å²) in [4.78, 5) is 13.3. The van der Waals surface area contributed by atoms with Crippen molar-refractivity contribution in [1.29, 1.82) is 0 Å². The first-order chi connectivity index (χ1) is 9.24. The van der Waals surface area contributed by atoms with Crippen LogP contribution in [0.4, 0.5) is 11.8 Å². The topological polar surface area (TPSA) is 64.5 Å². The Morgan fingerprint density at radius 2 is 2.11 bits per heavy atom. The first-order valence-corrected chi connectivity index (χ1v) is 7.38. The summed E-state index contributed by atoms with van der Waals surface area (Å²) in [6.45, 7) is 7.55. The van der Waals surface area contributed by atoms with Crippen LogP contribution < -0.4 is 10.2 Å². The van der Waals surface area contributed by atoms with Gasteiger partial charge in [0.25, 0.3) is 0 Å². The fraction of sp³-hybridized carbons (Fsp3) is 0.667. The van der Waals surface area contributed by atoms with Gasteiger partial charge in [0.15, 0.2) is 0 Å². The number of nitrogens with one attached hydrogen (secondary N) is 1. The van der Waals surface area contributed by atoms with Crippen LogP contribution in [0.3, 0.4) is 0 Å². The van der Waals surface area contributed by atoms with Crippen LogP contribution in [0.15, 0.2) is 10.7 Å². The number of rotatable bonds is 5. The zero-order valence-corrected chi connectivity index (χ0v) is 12.7. The van der Waals surface area contributed by atoms with Crippen LogP contribution >= 0.6 is 15.9 Å². The normalized spacial score (nSPS) is 16.7. The molecule has 2 rings (SSSR count). The lowest BCUT2D eigenvalue weighted by atomic mass is 10.3. The molecule has 1 aromatic heterocycles. The molecular weight excluding hydrogens is 310 g/mol. The molecular formula is C12H20BrN5O. The van der Waals surface area contributed by atoms with Gasteiger partial charge in [-0.3, -0.25) is 4.90 Å². The van der Waals surface area contributed by atoms with Crippen molar-refractivity contribution in [3.63, 3.8) is 0 Å². The summed E-state index contributed by atoms with van der Waals surface area (Å²) in [5.41, 5.74) is 0. The number of halogens is 1. The van der Waals surface area contributed by atoms with Gasteiger partial charge in [-0.15, -0.1) is 0 Å². The number of aromatic nitrogens is 2. The molecule has 19 heavy (non-hydrogen) atoms. The fourth-order valence-corrected chi connectivity index (χ4v) is 2.59. The predicted octanol–water partition coefficient (Wildman–Crippen LogP) is 0.785. The molecule has 1 aromatic rings. The lowest BCUT2D eigenvalue weighted by Crippen LogP contribution is -2.47. The third kappa shape index (κ3) is 3.77. The molecule has 0 aliphatic carbocycles. The molecule has 0 amide bonds. The average molecular weight is 330 g/mol. The van der Waals surface area contributed by atoms with Gasteiger partial charge in [0.2, 0.25) is 5.95 Å². The Bertz CT molecular complexity index is 409. The van der Waals surface area contributed by atoms with Gasteiger partial charge in [-0.1, -0.05) is 0 Å². The number of aliphatic hydroxyl groups is 1. The molecule has 2 heterocycles. The Labute approximate surface area is 122 Å². The van der Waals surface area contributed by atoms with Crippen molar-refractivity contribution in [2.45, 2.75) is 6.92 Å². The van der Waals surface area contributed by atoms with Gasteiger partial charge >= 0.3 is 0 Å². The Hall–Kier alpha value is -0.920. The minimum atomic E-state index is 0.224. The summed E-state index contributed by atoms with van der Waals surface area (Å²) in [5, 5.41) is 12.1. The van der Waals surface area contributed by atoms with E-state index in [0.29, 0.717) is 5.95 Å². The molecule has 0 unspecified atom stereocenters. The number of piperazine rings is 1. The third-order valence-electron chi connectivity index (χ3n) is 3.15. The highest BCUT2D eigenvalue weighted by Crippen LogP contribution is 2.25. The third-order valence-corrected chi connectivity index (χ3v) is 3.71. The molecule has 1 aliphatic rings. The van der Waals surface area contributed by atoms with Crippen molar-refractivity contribution in [3.05, 3.63) is 10.7 Å². The van der Waals surface area contributed by atoms with Crippen LogP contribution in [0.1, 0.15) is 6.92 Å². The summed E-state index contributed by atoms with van der Waals surface area (Å²) in [5.74, 6) is 1.60. The summed E-state index contributed by atoms with van der Waals surface area (Å²) >= 11 is 3.51.